The largest absolute Gasteiger partial charge is 0.493 e. The smallest absolute Gasteiger partial charge is 0.406 e. The molecule has 3 N–H and O–H groups in total. The van der Waals surface area contributed by atoms with Gasteiger partial charge in [-0.3, -0.25) is 4.79 Å². The van der Waals surface area contributed by atoms with Gasteiger partial charge in [0.15, 0.2) is 0 Å². The zero-order valence-corrected chi connectivity index (χ0v) is 20.0. The van der Waals surface area contributed by atoms with Gasteiger partial charge in [0, 0.05) is 41.1 Å². The van der Waals surface area contributed by atoms with Gasteiger partial charge >= 0.3 is 6.09 Å². The van der Waals surface area contributed by atoms with Crippen molar-refractivity contribution in [1.82, 2.24) is 15.2 Å². The number of fused-ring (bicyclic) bond motifs is 1. The monoisotopic (exact) mass is 487 g/mol. The highest BCUT2D eigenvalue weighted by Gasteiger charge is 2.23. The number of hydrogen-bond donors (Lipinski definition) is 3. The van der Waals surface area contributed by atoms with E-state index in [-0.39, 0.29) is 19.2 Å². The van der Waals surface area contributed by atoms with Gasteiger partial charge in [0.2, 0.25) is 6.41 Å². The molecule has 0 bridgehead atoms. The number of carbonyl (C=O) groups is 2. The number of hydrogen-bond acceptors (Lipinski definition) is 5. The number of aromatic nitrogens is 1. The Balaban J connectivity index is 1.71. The van der Waals surface area contributed by atoms with Crippen molar-refractivity contribution >= 4 is 35.0 Å². The quantitative estimate of drug-likeness (QED) is 0.331. The molecule has 3 aromatic rings. The van der Waals surface area contributed by atoms with Crippen molar-refractivity contribution < 1.29 is 24.2 Å². The Bertz CT molecular complexity index is 1090. The Labute approximate surface area is 203 Å². The normalized spacial score (nSPS) is 12.7. The maximum Gasteiger partial charge on any atom is 0.406 e. The van der Waals surface area contributed by atoms with Gasteiger partial charge in [0.05, 0.1) is 25.9 Å². The molecule has 0 aliphatic rings. The second-order valence-electron chi connectivity index (χ2n) is 7.93. The van der Waals surface area contributed by atoms with Crippen LogP contribution in [0.15, 0.2) is 48.5 Å². The number of aliphatic hydroxyl groups is 1. The number of ether oxygens (including phenoxy) is 2. The zero-order valence-electron chi connectivity index (χ0n) is 19.3. The van der Waals surface area contributed by atoms with E-state index in [4.69, 9.17) is 16.3 Å². The van der Waals surface area contributed by atoms with Gasteiger partial charge < -0.3 is 29.8 Å². The molecule has 2 atom stereocenters. The SMILES string of the molecule is CCCN(C=O)C(c1ccc(OCCC(O)CNC(=O)OC)cc1)c1cc2cc(Cl)ccc2[nH]1. The summed E-state index contributed by atoms with van der Waals surface area (Å²) >= 11 is 6.15. The van der Waals surface area contributed by atoms with Gasteiger partial charge in [-0.15, -0.1) is 0 Å². The van der Waals surface area contributed by atoms with E-state index < -0.39 is 12.2 Å². The molecule has 0 spiro atoms. The number of benzene rings is 2. The summed E-state index contributed by atoms with van der Waals surface area (Å²) in [5.41, 5.74) is 2.78. The first kappa shape index (κ1) is 25.4. The summed E-state index contributed by atoms with van der Waals surface area (Å²) in [6, 6.07) is 14.9. The fourth-order valence-corrected chi connectivity index (χ4v) is 3.94. The van der Waals surface area contributed by atoms with E-state index in [1.807, 2.05) is 55.5 Å². The Morgan fingerprint density at radius 1 is 1.24 bits per heavy atom. The van der Waals surface area contributed by atoms with E-state index in [9.17, 15) is 14.7 Å². The van der Waals surface area contributed by atoms with Gasteiger partial charge in [-0.2, -0.15) is 0 Å². The van der Waals surface area contributed by atoms with E-state index in [0.717, 1.165) is 35.0 Å². The summed E-state index contributed by atoms with van der Waals surface area (Å²) in [6.45, 7) is 3.02. The molecule has 0 saturated heterocycles. The molecule has 1 aromatic heterocycles. The minimum absolute atomic E-state index is 0.0886. The van der Waals surface area contributed by atoms with Crippen molar-refractivity contribution in [1.29, 1.82) is 0 Å². The van der Waals surface area contributed by atoms with Crippen LogP contribution >= 0.6 is 11.6 Å². The number of nitrogens with one attached hydrogen (secondary N) is 2. The van der Waals surface area contributed by atoms with Crippen LogP contribution in [0, 0.1) is 0 Å². The van der Waals surface area contributed by atoms with Gasteiger partial charge in [-0.25, -0.2) is 4.79 Å². The Morgan fingerprint density at radius 2 is 2.00 bits per heavy atom. The number of methoxy groups -OCH3 is 1. The molecule has 1 heterocycles. The first-order chi connectivity index (χ1) is 16.4. The average molecular weight is 488 g/mol. The van der Waals surface area contributed by atoms with Crippen LogP contribution in [-0.4, -0.2) is 60.4 Å². The third kappa shape index (κ3) is 6.65. The molecule has 0 radical (unpaired) electrons. The van der Waals surface area contributed by atoms with Crippen LogP contribution in [0.4, 0.5) is 4.79 Å². The minimum Gasteiger partial charge on any atom is -0.493 e. The van der Waals surface area contributed by atoms with Crippen LogP contribution in [0.25, 0.3) is 10.9 Å². The van der Waals surface area contributed by atoms with Crippen LogP contribution in [0.2, 0.25) is 5.02 Å². The predicted molar refractivity (Wildman–Crippen MR) is 131 cm³/mol. The second kappa shape index (κ2) is 12.3. The van der Waals surface area contributed by atoms with Crippen molar-refractivity contribution in [2.45, 2.75) is 31.9 Å². The van der Waals surface area contributed by atoms with Crippen LogP contribution in [0.3, 0.4) is 0 Å². The molecule has 0 saturated carbocycles. The summed E-state index contributed by atoms with van der Waals surface area (Å²) < 4.78 is 10.2. The summed E-state index contributed by atoms with van der Waals surface area (Å²) in [5, 5.41) is 14.0. The maximum atomic E-state index is 11.9. The number of alkyl carbamates (subject to hydrolysis) is 1. The lowest BCUT2D eigenvalue weighted by atomic mass is 10.0. The molecule has 9 heteroatoms. The fourth-order valence-electron chi connectivity index (χ4n) is 3.76. The van der Waals surface area contributed by atoms with Gasteiger partial charge in [0.25, 0.3) is 0 Å². The Hall–Kier alpha value is -3.23. The number of nitrogens with zero attached hydrogens (tertiary/aromatic N) is 1. The van der Waals surface area contributed by atoms with E-state index in [0.29, 0.717) is 23.7 Å². The molecular formula is C25H30ClN3O5. The van der Waals surface area contributed by atoms with Crippen molar-refractivity contribution in [3.63, 3.8) is 0 Å². The number of H-pyrrole nitrogens is 1. The second-order valence-corrected chi connectivity index (χ2v) is 8.37. The lowest BCUT2D eigenvalue weighted by Crippen LogP contribution is -2.32. The standard InChI is InChI=1S/C25H30ClN3O5/c1-3-11-29(16-30)24(23-14-18-13-19(26)6-9-22(18)28-23)17-4-7-21(8-5-17)34-12-10-20(31)15-27-25(32)33-2/h4-9,13-14,16,20,24,28,31H,3,10-12,15H2,1-2H3,(H,27,32). The first-order valence-electron chi connectivity index (χ1n) is 11.2. The predicted octanol–water partition coefficient (Wildman–Crippen LogP) is 4.26. The Kier molecular flexibility index (Phi) is 9.18. The van der Waals surface area contributed by atoms with Crippen LogP contribution in [-0.2, 0) is 9.53 Å². The van der Waals surface area contributed by atoms with Crippen molar-refractivity contribution in [3.8, 4) is 5.75 Å². The van der Waals surface area contributed by atoms with Gasteiger partial charge in [0.1, 0.15) is 5.75 Å². The number of amides is 2. The third-order valence-corrected chi connectivity index (χ3v) is 5.67. The summed E-state index contributed by atoms with van der Waals surface area (Å²) in [6.07, 6.45) is 0.724. The number of aromatic amines is 1. The molecule has 2 amide bonds. The summed E-state index contributed by atoms with van der Waals surface area (Å²) in [5.74, 6) is 0.646. The summed E-state index contributed by atoms with van der Waals surface area (Å²) in [4.78, 5) is 28.2. The molecule has 182 valence electrons. The zero-order chi connectivity index (χ0) is 24.5. The number of rotatable bonds is 12. The summed E-state index contributed by atoms with van der Waals surface area (Å²) in [7, 11) is 1.27. The van der Waals surface area contributed by atoms with Crippen LogP contribution < -0.4 is 10.1 Å². The van der Waals surface area contributed by atoms with Crippen molar-refractivity contribution in [2.24, 2.45) is 0 Å². The number of carbonyl (C=O) groups excluding carboxylic acids is 2. The lowest BCUT2D eigenvalue weighted by Gasteiger charge is -2.28. The Morgan fingerprint density at radius 3 is 2.68 bits per heavy atom. The maximum absolute atomic E-state index is 11.9. The molecule has 2 unspecified atom stereocenters. The highest BCUT2D eigenvalue weighted by atomic mass is 35.5. The molecule has 0 aliphatic heterocycles. The van der Waals surface area contributed by atoms with E-state index in [2.05, 4.69) is 15.0 Å². The minimum atomic E-state index is -0.742. The molecule has 0 aliphatic carbocycles. The fraction of sp³-hybridized carbons (Fsp3) is 0.360. The number of halogens is 1. The van der Waals surface area contributed by atoms with E-state index in [1.165, 1.54) is 7.11 Å². The topological polar surface area (TPSA) is 104 Å². The molecular weight excluding hydrogens is 458 g/mol. The van der Waals surface area contributed by atoms with Gasteiger partial charge in [-0.1, -0.05) is 30.7 Å². The van der Waals surface area contributed by atoms with Crippen LogP contribution in [0.5, 0.6) is 5.75 Å². The highest BCUT2D eigenvalue weighted by molar-refractivity contribution is 6.31. The van der Waals surface area contributed by atoms with E-state index >= 15 is 0 Å². The average Bonchev–Trinajstić information content (AvgIpc) is 3.25. The van der Waals surface area contributed by atoms with Crippen LogP contribution in [0.1, 0.15) is 37.1 Å². The molecule has 3 rings (SSSR count). The molecule has 34 heavy (non-hydrogen) atoms. The first-order valence-corrected chi connectivity index (χ1v) is 11.5. The lowest BCUT2D eigenvalue weighted by molar-refractivity contribution is -0.119. The van der Waals surface area contributed by atoms with E-state index in [1.54, 1.807) is 4.90 Å². The third-order valence-electron chi connectivity index (χ3n) is 5.43. The van der Waals surface area contributed by atoms with Crippen molar-refractivity contribution in [3.05, 3.63) is 64.8 Å². The molecule has 0 fully saturated rings. The number of aliphatic hydroxyl groups excluding tert-OH is 1. The highest BCUT2D eigenvalue weighted by Crippen LogP contribution is 2.32. The molecule has 8 nitrogen and oxygen atoms in total. The van der Waals surface area contributed by atoms with Crippen molar-refractivity contribution in [2.75, 3.05) is 26.8 Å². The van der Waals surface area contributed by atoms with Gasteiger partial charge in [-0.05, 0) is 48.4 Å². The molecule has 2 aromatic carbocycles.